The molecule has 18 nitrogen and oxygen atoms in total. The Kier molecular flexibility index (Phi) is 20.6. The zero-order valence-electron chi connectivity index (χ0n) is 39.8. The topological polar surface area (TPSA) is 239 Å². The van der Waals surface area contributed by atoms with E-state index in [4.69, 9.17) is 0 Å². The van der Waals surface area contributed by atoms with Crippen LogP contribution in [0.25, 0.3) is 0 Å². The van der Waals surface area contributed by atoms with Gasteiger partial charge in [-0.1, -0.05) is 60.7 Å². The highest BCUT2D eigenvalue weighted by molar-refractivity contribution is 5.95. The van der Waals surface area contributed by atoms with Gasteiger partial charge in [-0.3, -0.25) is 38.4 Å². The van der Waals surface area contributed by atoms with Crippen molar-refractivity contribution in [3.8, 4) is 0 Å². The minimum Gasteiger partial charge on any atom is -0.351 e. The van der Waals surface area contributed by atoms with Crippen molar-refractivity contribution in [3.05, 3.63) is 71.8 Å². The summed E-state index contributed by atoms with van der Waals surface area (Å²) < 4.78 is 0. The van der Waals surface area contributed by atoms with E-state index in [0.717, 1.165) is 11.1 Å². The van der Waals surface area contributed by atoms with Gasteiger partial charge >= 0.3 is 0 Å². The fraction of sp³-hybridized carbons (Fsp3) is 0.583. The number of carbonyl (C=O) groups is 8. The van der Waals surface area contributed by atoms with Gasteiger partial charge in [0.15, 0.2) is 0 Å². The molecule has 2 fully saturated rings. The Morgan fingerprint density at radius 3 is 1.20 bits per heavy atom. The van der Waals surface area contributed by atoms with E-state index in [1.165, 1.54) is 9.80 Å². The number of rotatable bonds is 23. The molecule has 0 unspecified atom stereocenters. The average Bonchev–Trinajstić information content (AvgIpc) is 4.02. The van der Waals surface area contributed by atoms with E-state index in [-0.39, 0.29) is 36.7 Å². The molecule has 4 rings (SSSR count). The van der Waals surface area contributed by atoms with Crippen LogP contribution in [0.4, 0.5) is 0 Å². The Labute approximate surface area is 389 Å². The summed E-state index contributed by atoms with van der Waals surface area (Å²) in [6.45, 7) is 10.9. The van der Waals surface area contributed by atoms with E-state index in [1.54, 1.807) is 41.8 Å². The van der Waals surface area contributed by atoms with Crippen molar-refractivity contribution in [1.82, 2.24) is 52.3 Å². The zero-order chi connectivity index (χ0) is 48.5. The van der Waals surface area contributed by atoms with E-state index in [2.05, 4.69) is 42.5 Å². The number of likely N-dealkylation sites (tertiary alicyclic amines) is 2. The van der Waals surface area contributed by atoms with Gasteiger partial charge in [-0.2, -0.15) is 0 Å². The van der Waals surface area contributed by atoms with Crippen LogP contribution in [-0.2, 0) is 38.4 Å². The molecule has 8 N–H and O–H groups in total. The van der Waals surface area contributed by atoms with Crippen LogP contribution in [0.15, 0.2) is 60.7 Å². The second-order valence-corrected chi connectivity index (χ2v) is 17.6. The van der Waals surface area contributed by atoms with Crippen molar-refractivity contribution < 1.29 is 38.4 Å². The fourth-order valence-electron chi connectivity index (χ4n) is 8.24. The Bertz CT molecular complexity index is 1830. The fourth-order valence-corrected chi connectivity index (χ4v) is 8.24. The van der Waals surface area contributed by atoms with Gasteiger partial charge in [-0.15, -0.1) is 0 Å². The number of hydrogen-bond acceptors (Lipinski definition) is 10. The number of unbranched alkanes of at least 4 members (excludes halogenated alkanes) is 1. The summed E-state index contributed by atoms with van der Waals surface area (Å²) in [6.07, 6.45) is 2.74. The summed E-state index contributed by atoms with van der Waals surface area (Å²) in [7, 11) is 3.23. The van der Waals surface area contributed by atoms with Gasteiger partial charge in [-0.05, 0) is 105 Å². The van der Waals surface area contributed by atoms with Crippen LogP contribution in [0.1, 0.15) is 116 Å². The van der Waals surface area contributed by atoms with Gasteiger partial charge in [0.1, 0.15) is 24.2 Å². The lowest BCUT2D eigenvalue weighted by atomic mass is 10.0. The van der Waals surface area contributed by atoms with E-state index in [0.29, 0.717) is 51.6 Å². The molecule has 66 heavy (non-hydrogen) atoms. The van der Waals surface area contributed by atoms with Gasteiger partial charge in [0, 0.05) is 25.9 Å². The summed E-state index contributed by atoms with van der Waals surface area (Å²) in [6, 6.07) is 11.6. The zero-order valence-corrected chi connectivity index (χ0v) is 39.8. The Hall–Kier alpha value is -5.88. The third-order valence-electron chi connectivity index (χ3n) is 12.6. The van der Waals surface area contributed by atoms with Crippen LogP contribution < -0.4 is 42.5 Å². The van der Waals surface area contributed by atoms with E-state index < -0.39 is 83.8 Å². The number of nitrogens with zero attached hydrogens (tertiary/aromatic N) is 2. The second-order valence-electron chi connectivity index (χ2n) is 17.6. The highest BCUT2D eigenvalue weighted by atomic mass is 16.2. The summed E-state index contributed by atoms with van der Waals surface area (Å²) >= 11 is 0. The summed E-state index contributed by atoms with van der Waals surface area (Å²) in [4.78, 5) is 111. The quantitative estimate of drug-likeness (QED) is 0.0748. The van der Waals surface area contributed by atoms with Crippen molar-refractivity contribution in [2.75, 3.05) is 27.2 Å². The van der Waals surface area contributed by atoms with Crippen LogP contribution in [0.3, 0.4) is 0 Å². The molecule has 2 aromatic carbocycles. The molecule has 362 valence electrons. The van der Waals surface area contributed by atoms with E-state index in [1.807, 2.05) is 74.5 Å². The first-order chi connectivity index (χ1) is 31.5. The molecule has 2 heterocycles. The van der Waals surface area contributed by atoms with Gasteiger partial charge in [0.2, 0.25) is 47.3 Å². The number of benzene rings is 2. The van der Waals surface area contributed by atoms with Crippen LogP contribution in [0.2, 0.25) is 0 Å². The molecule has 2 saturated heterocycles. The van der Waals surface area contributed by atoms with Crippen LogP contribution in [0, 0.1) is 0 Å². The SMILES string of the molecule is CN[C@@H](C)C(=O)N[C@H](C(=O)N1CCC[C@H]1C(=O)N[C@H](C)c1ccccc1)[C@H](C)NC(=O)CCCCC(=O)N[C@@H](C)[C@H](NC(=O)[C@H](C)NC)C(=O)N1CCC[C@H]1C(=O)N[C@H](C)c1ccccc1. The first-order valence-electron chi connectivity index (χ1n) is 23.3. The predicted octanol–water partition coefficient (Wildman–Crippen LogP) is 1.48. The van der Waals surface area contributed by atoms with Gasteiger partial charge < -0.3 is 52.3 Å². The number of amides is 8. The number of nitrogens with one attached hydrogen (secondary N) is 8. The second kappa shape index (κ2) is 25.7. The molecule has 18 heteroatoms. The molecular weight excluding hydrogens is 845 g/mol. The first kappa shape index (κ1) is 52.7. The van der Waals surface area contributed by atoms with Gasteiger partial charge in [0.25, 0.3) is 0 Å². The highest BCUT2D eigenvalue weighted by Gasteiger charge is 2.42. The van der Waals surface area contributed by atoms with Crippen LogP contribution in [0.5, 0.6) is 0 Å². The lowest BCUT2D eigenvalue weighted by molar-refractivity contribution is -0.142. The summed E-state index contributed by atoms with van der Waals surface area (Å²) in [5.74, 6) is -3.26. The lowest BCUT2D eigenvalue weighted by Crippen LogP contribution is -2.62. The normalized spacial score (nSPS) is 19.5. The molecule has 0 radical (unpaired) electrons. The number of likely N-dealkylation sites (N-methyl/N-ethyl adjacent to an activating group) is 2. The number of carbonyl (C=O) groups excluding carboxylic acids is 8. The van der Waals surface area contributed by atoms with Crippen molar-refractivity contribution in [2.45, 2.75) is 153 Å². The molecule has 2 aromatic rings. The summed E-state index contributed by atoms with van der Waals surface area (Å²) in [5.41, 5.74) is 1.84. The Morgan fingerprint density at radius 2 is 0.864 bits per heavy atom. The largest absolute Gasteiger partial charge is 0.351 e. The maximum Gasteiger partial charge on any atom is 0.247 e. The minimum atomic E-state index is -1.17. The number of hydrogen-bond donors (Lipinski definition) is 8. The van der Waals surface area contributed by atoms with Crippen molar-refractivity contribution >= 4 is 47.3 Å². The minimum absolute atomic E-state index is 0.0153. The molecule has 2 aliphatic heterocycles. The molecule has 0 spiro atoms. The van der Waals surface area contributed by atoms with Crippen molar-refractivity contribution in [2.24, 2.45) is 0 Å². The van der Waals surface area contributed by atoms with Gasteiger partial charge in [0.05, 0.1) is 36.3 Å². The Morgan fingerprint density at radius 1 is 0.515 bits per heavy atom. The third-order valence-corrected chi connectivity index (χ3v) is 12.6. The molecule has 8 amide bonds. The average molecular weight is 917 g/mol. The summed E-state index contributed by atoms with van der Waals surface area (Å²) in [5, 5.41) is 23.0. The molecule has 0 aliphatic carbocycles. The first-order valence-corrected chi connectivity index (χ1v) is 23.3. The third kappa shape index (κ3) is 14.8. The lowest BCUT2D eigenvalue weighted by Gasteiger charge is -2.33. The molecule has 10 atom stereocenters. The molecule has 2 aliphatic rings. The molecule has 0 bridgehead atoms. The van der Waals surface area contributed by atoms with Gasteiger partial charge in [-0.25, -0.2) is 0 Å². The van der Waals surface area contributed by atoms with E-state index >= 15 is 0 Å². The maximum absolute atomic E-state index is 14.2. The highest BCUT2D eigenvalue weighted by Crippen LogP contribution is 2.23. The van der Waals surface area contributed by atoms with E-state index in [9.17, 15) is 38.4 Å². The smallest absolute Gasteiger partial charge is 0.247 e. The Balaban J connectivity index is 1.33. The molecule has 0 aromatic heterocycles. The van der Waals surface area contributed by atoms with Crippen LogP contribution in [-0.4, -0.2) is 133 Å². The van der Waals surface area contributed by atoms with Crippen molar-refractivity contribution in [3.63, 3.8) is 0 Å². The predicted molar refractivity (Wildman–Crippen MR) is 250 cm³/mol. The molecular formula is C48H72N10O8. The standard InChI is InChI=1S/C48H72N10O8/c1-29(35-19-11-9-12-20-35)53-45(63)37-23-17-27-57(37)47(65)41(55-43(61)33(5)49-7)31(3)51-39(59)25-15-16-26-40(60)52-32(4)42(56-44(62)34(6)50-8)48(66)58-28-18-24-38(58)46(64)54-30(2)36-21-13-10-14-22-36/h9-14,19-22,29-34,37-38,41-42,49-50H,15-18,23-28H2,1-8H3,(H,51,59)(H,52,60)(H,53,63)(H,54,64)(H,55,61)(H,56,62)/t29-,30-,31+,32+,33+,34+,37+,38+,41+,42+/m1/s1. The van der Waals surface area contributed by atoms with Crippen molar-refractivity contribution in [1.29, 1.82) is 0 Å². The molecule has 0 saturated carbocycles. The monoisotopic (exact) mass is 917 g/mol. The van der Waals surface area contributed by atoms with Crippen LogP contribution >= 0.6 is 0 Å². The maximum atomic E-state index is 14.2.